The Kier molecular flexibility index (Phi) is 5.68. The lowest BCUT2D eigenvalue weighted by Crippen LogP contribution is -2.40. The first-order chi connectivity index (χ1) is 7.92. The molecule has 0 unspecified atom stereocenters. The highest BCUT2D eigenvalue weighted by Gasteiger charge is 2.21. The molecule has 0 atom stereocenters. The van der Waals surface area contributed by atoms with Gasteiger partial charge < -0.3 is 5.32 Å². The van der Waals surface area contributed by atoms with E-state index >= 15 is 0 Å². The van der Waals surface area contributed by atoms with Gasteiger partial charge in [-0.05, 0) is 45.7 Å². The van der Waals surface area contributed by atoms with Gasteiger partial charge in [0.25, 0.3) is 0 Å². The molecule has 2 nitrogen and oxygen atoms in total. The maximum Gasteiger partial charge on any atom is 0.0205 e. The molecular formula is C15H30N2. The van der Waals surface area contributed by atoms with E-state index in [1.807, 2.05) is 0 Å². The van der Waals surface area contributed by atoms with Gasteiger partial charge in [-0.15, -0.1) is 0 Å². The zero-order valence-electron chi connectivity index (χ0n) is 12.2. The molecule has 0 spiro atoms. The molecule has 1 rings (SSSR count). The maximum absolute atomic E-state index is 4.21. The van der Waals surface area contributed by atoms with Gasteiger partial charge in [-0.1, -0.05) is 26.3 Å². The number of nitrogens with one attached hydrogen (secondary N) is 1. The normalized spacial score (nSPS) is 17.9. The van der Waals surface area contributed by atoms with Crippen LogP contribution < -0.4 is 5.32 Å². The van der Waals surface area contributed by atoms with Crippen molar-refractivity contribution in [2.75, 3.05) is 19.6 Å². The van der Waals surface area contributed by atoms with Crippen LogP contribution in [0.15, 0.2) is 12.2 Å². The van der Waals surface area contributed by atoms with E-state index in [1.165, 1.54) is 31.3 Å². The first-order valence-electron chi connectivity index (χ1n) is 7.08. The van der Waals surface area contributed by atoms with Gasteiger partial charge in [-0.25, -0.2) is 0 Å². The van der Waals surface area contributed by atoms with Gasteiger partial charge in [0.2, 0.25) is 0 Å². The standard InChI is InChI=1S/C15H30N2/c1-6-17(14-9-7-8-10-14)12-13(2)11-16-15(3,4)5/h14,16H,2,6-12H2,1,3-5H3. The molecule has 0 aromatic rings. The highest BCUT2D eigenvalue weighted by molar-refractivity contribution is 5.02. The van der Waals surface area contributed by atoms with Crippen LogP contribution in [0, 0.1) is 0 Å². The van der Waals surface area contributed by atoms with Crippen LogP contribution in [-0.4, -0.2) is 36.1 Å². The van der Waals surface area contributed by atoms with Gasteiger partial charge in [0.1, 0.15) is 0 Å². The lowest BCUT2D eigenvalue weighted by molar-refractivity contribution is 0.224. The fraction of sp³-hybridized carbons (Fsp3) is 0.867. The average molecular weight is 238 g/mol. The fourth-order valence-corrected chi connectivity index (χ4v) is 2.50. The van der Waals surface area contributed by atoms with Crippen LogP contribution in [0.2, 0.25) is 0 Å². The van der Waals surface area contributed by atoms with Crippen LogP contribution in [0.5, 0.6) is 0 Å². The van der Waals surface area contributed by atoms with Crippen molar-refractivity contribution in [3.05, 3.63) is 12.2 Å². The summed E-state index contributed by atoms with van der Waals surface area (Å²) >= 11 is 0. The smallest absolute Gasteiger partial charge is 0.0205 e. The van der Waals surface area contributed by atoms with Gasteiger partial charge in [0, 0.05) is 24.7 Å². The van der Waals surface area contributed by atoms with Crippen LogP contribution in [-0.2, 0) is 0 Å². The third-order valence-electron chi connectivity index (χ3n) is 3.54. The number of hydrogen-bond acceptors (Lipinski definition) is 2. The van der Waals surface area contributed by atoms with Gasteiger partial charge in [-0.2, -0.15) is 0 Å². The summed E-state index contributed by atoms with van der Waals surface area (Å²) in [4.78, 5) is 2.60. The van der Waals surface area contributed by atoms with E-state index < -0.39 is 0 Å². The summed E-state index contributed by atoms with van der Waals surface area (Å²) in [5, 5.41) is 3.52. The van der Waals surface area contributed by atoms with Crippen molar-refractivity contribution in [1.82, 2.24) is 10.2 Å². The molecule has 1 N–H and O–H groups in total. The first kappa shape index (κ1) is 14.7. The summed E-state index contributed by atoms with van der Waals surface area (Å²) in [6, 6.07) is 0.811. The van der Waals surface area contributed by atoms with E-state index in [0.717, 1.165) is 25.7 Å². The molecule has 1 fully saturated rings. The molecule has 0 radical (unpaired) electrons. The largest absolute Gasteiger partial charge is 0.308 e. The van der Waals surface area contributed by atoms with E-state index in [1.54, 1.807) is 0 Å². The van der Waals surface area contributed by atoms with E-state index in [4.69, 9.17) is 0 Å². The Bertz CT molecular complexity index is 234. The Hall–Kier alpha value is -0.340. The zero-order chi connectivity index (χ0) is 12.9. The minimum atomic E-state index is 0.188. The third-order valence-corrected chi connectivity index (χ3v) is 3.54. The molecule has 0 amide bonds. The van der Waals surface area contributed by atoms with Gasteiger partial charge in [-0.3, -0.25) is 4.90 Å². The Morgan fingerprint density at radius 2 is 1.88 bits per heavy atom. The molecule has 0 aromatic heterocycles. The van der Waals surface area contributed by atoms with Crippen molar-refractivity contribution in [2.45, 2.75) is 65.0 Å². The molecule has 0 bridgehead atoms. The summed E-state index contributed by atoms with van der Waals surface area (Å²) in [7, 11) is 0. The monoisotopic (exact) mass is 238 g/mol. The quantitative estimate of drug-likeness (QED) is 0.715. The number of hydrogen-bond donors (Lipinski definition) is 1. The summed E-state index contributed by atoms with van der Waals surface area (Å²) in [6.45, 7) is 16.2. The Labute approximate surface area is 107 Å². The van der Waals surface area contributed by atoms with Crippen molar-refractivity contribution in [3.8, 4) is 0 Å². The lowest BCUT2D eigenvalue weighted by atomic mass is 10.1. The highest BCUT2D eigenvalue weighted by atomic mass is 15.2. The van der Waals surface area contributed by atoms with Crippen LogP contribution >= 0.6 is 0 Å². The molecule has 100 valence electrons. The lowest BCUT2D eigenvalue weighted by Gasteiger charge is -2.29. The Balaban J connectivity index is 2.32. The molecule has 1 aliphatic rings. The van der Waals surface area contributed by atoms with Crippen molar-refractivity contribution < 1.29 is 0 Å². The maximum atomic E-state index is 4.21. The van der Waals surface area contributed by atoms with Crippen LogP contribution in [0.4, 0.5) is 0 Å². The number of rotatable bonds is 6. The van der Waals surface area contributed by atoms with Crippen LogP contribution in [0.3, 0.4) is 0 Å². The predicted octanol–water partition coefficient (Wildman–Crippen LogP) is 3.20. The van der Waals surface area contributed by atoms with E-state index in [9.17, 15) is 0 Å². The fourth-order valence-electron chi connectivity index (χ4n) is 2.50. The molecule has 2 heteroatoms. The molecule has 17 heavy (non-hydrogen) atoms. The third kappa shape index (κ3) is 5.69. The Morgan fingerprint density at radius 1 is 1.29 bits per heavy atom. The second kappa shape index (κ2) is 6.55. The van der Waals surface area contributed by atoms with Crippen molar-refractivity contribution in [2.24, 2.45) is 0 Å². The van der Waals surface area contributed by atoms with Gasteiger partial charge in [0.05, 0.1) is 0 Å². The van der Waals surface area contributed by atoms with E-state index in [0.29, 0.717) is 0 Å². The predicted molar refractivity (Wildman–Crippen MR) is 76.4 cm³/mol. The highest BCUT2D eigenvalue weighted by Crippen LogP contribution is 2.23. The molecule has 1 aliphatic carbocycles. The second-order valence-electron chi connectivity index (χ2n) is 6.35. The van der Waals surface area contributed by atoms with Crippen LogP contribution in [0.1, 0.15) is 53.4 Å². The molecule has 0 aliphatic heterocycles. The summed E-state index contributed by atoms with van der Waals surface area (Å²) in [6.07, 6.45) is 5.59. The minimum Gasteiger partial charge on any atom is -0.308 e. The number of likely N-dealkylation sites (N-methyl/N-ethyl adjacent to an activating group) is 1. The topological polar surface area (TPSA) is 15.3 Å². The summed E-state index contributed by atoms with van der Waals surface area (Å²) in [5.41, 5.74) is 1.50. The zero-order valence-corrected chi connectivity index (χ0v) is 12.2. The molecule has 1 saturated carbocycles. The van der Waals surface area contributed by atoms with Gasteiger partial charge >= 0.3 is 0 Å². The van der Waals surface area contributed by atoms with Crippen molar-refractivity contribution in [1.29, 1.82) is 0 Å². The SMILES string of the molecule is C=C(CNC(C)(C)C)CN(CC)C1CCCC1. The molecular weight excluding hydrogens is 208 g/mol. The molecule has 0 heterocycles. The Morgan fingerprint density at radius 3 is 2.35 bits per heavy atom. The van der Waals surface area contributed by atoms with E-state index in [-0.39, 0.29) is 5.54 Å². The van der Waals surface area contributed by atoms with Crippen LogP contribution in [0.25, 0.3) is 0 Å². The van der Waals surface area contributed by atoms with Crippen molar-refractivity contribution in [3.63, 3.8) is 0 Å². The second-order valence-corrected chi connectivity index (χ2v) is 6.35. The van der Waals surface area contributed by atoms with Gasteiger partial charge in [0.15, 0.2) is 0 Å². The first-order valence-corrected chi connectivity index (χ1v) is 7.08. The molecule has 0 aromatic carbocycles. The molecule has 0 saturated heterocycles. The summed E-state index contributed by atoms with van der Waals surface area (Å²) < 4.78 is 0. The average Bonchev–Trinajstić information content (AvgIpc) is 2.75. The summed E-state index contributed by atoms with van der Waals surface area (Å²) in [5.74, 6) is 0. The van der Waals surface area contributed by atoms with Crippen molar-refractivity contribution >= 4 is 0 Å². The minimum absolute atomic E-state index is 0.188. The number of nitrogens with zero attached hydrogens (tertiary/aromatic N) is 1. The van der Waals surface area contributed by atoms with E-state index in [2.05, 4.69) is 44.5 Å².